The van der Waals surface area contributed by atoms with Gasteiger partial charge in [-0.2, -0.15) is 11.3 Å². The molecule has 108 valence electrons. The SMILES string of the molecule is Cc1ccc(S(=O)(=O)NCCC(O)c2ccsc2)cc1. The Hall–Kier alpha value is -1.21. The third-order valence-corrected chi connectivity index (χ3v) is 5.15. The lowest BCUT2D eigenvalue weighted by Crippen LogP contribution is -2.25. The van der Waals surface area contributed by atoms with Gasteiger partial charge in [0.2, 0.25) is 10.0 Å². The van der Waals surface area contributed by atoms with E-state index in [2.05, 4.69) is 4.72 Å². The second kappa shape index (κ2) is 6.49. The molecule has 0 aliphatic rings. The first kappa shape index (κ1) is 15.2. The zero-order valence-electron chi connectivity index (χ0n) is 11.1. The van der Waals surface area contributed by atoms with E-state index in [0.717, 1.165) is 11.1 Å². The van der Waals surface area contributed by atoms with Gasteiger partial charge in [0.15, 0.2) is 0 Å². The number of hydrogen-bond acceptors (Lipinski definition) is 4. The lowest BCUT2D eigenvalue weighted by molar-refractivity contribution is 0.169. The summed E-state index contributed by atoms with van der Waals surface area (Å²) in [6, 6.07) is 8.51. The Balaban J connectivity index is 1.91. The number of aliphatic hydroxyl groups is 1. The monoisotopic (exact) mass is 311 g/mol. The molecule has 2 rings (SSSR count). The molecule has 0 bridgehead atoms. The first-order valence-electron chi connectivity index (χ1n) is 6.25. The molecule has 0 amide bonds. The highest BCUT2D eigenvalue weighted by molar-refractivity contribution is 7.89. The highest BCUT2D eigenvalue weighted by Crippen LogP contribution is 2.19. The van der Waals surface area contributed by atoms with Gasteiger partial charge in [0.05, 0.1) is 11.0 Å². The summed E-state index contributed by atoms with van der Waals surface area (Å²) in [5.41, 5.74) is 1.83. The number of sulfonamides is 1. The third kappa shape index (κ3) is 3.89. The second-order valence-electron chi connectivity index (χ2n) is 4.57. The van der Waals surface area contributed by atoms with Gasteiger partial charge in [-0.05, 0) is 47.9 Å². The zero-order valence-corrected chi connectivity index (χ0v) is 12.7. The van der Waals surface area contributed by atoms with Gasteiger partial charge in [0, 0.05) is 6.54 Å². The smallest absolute Gasteiger partial charge is 0.240 e. The van der Waals surface area contributed by atoms with E-state index in [0.29, 0.717) is 6.42 Å². The third-order valence-electron chi connectivity index (χ3n) is 2.97. The Bertz CT molecular complexity index is 634. The highest BCUT2D eigenvalue weighted by atomic mass is 32.2. The van der Waals surface area contributed by atoms with E-state index in [9.17, 15) is 13.5 Å². The van der Waals surface area contributed by atoms with Crippen LogP contribution in [0.3, 0.4) is 0 Å². The molecule has 0 spiro atoms. The lowest BCUT2D eigenvalue weighted by atomic mass is 10.1. The molecule has 4 nitrogen and oxygen atoms in total. The van der Waals surface area contributed by atoms with E-state index < -0.39 is 16.1 Å². The van der Waals surface area contributed by atoms with Crippen molar-refractivity contribution in [2.45, 2.75) is 24.3 Å². The first-order chi connectivity index (χ1) is 9.49. The molecule has 0 radical (unpaired) electrons. The molecule has 20 heavy (non-hydrogen) atoms. The Labute approximate surface area is 123 Å². The molecule has 1 aromatic heterocycles. The van der Waals surface area contributed by atoms with Crippen molar-refractivity contribution in [3.8, 4) is 0 Å². The predicted octanol–water partition coefficient (Wildman–Crippen LogP) is 2.46. The van der Waals surface area contributed by atoms with Crippen LogP contribution in [0, 0.1) is 6.92 Å². The molecule has 0 fully saturated rings. The van der Waals surface area contributed by atoms with Gasteiger partial charge in [0.25, 0.3) is 0 Å². The fraction of sp³-hybridized carbons (Fsp3) is 0.286. The number of aliphatic hydroxyl groups excluding tert-OH is 1. The molecule has 1 aromatic carbocycles. The van der Waals surface area contributed by atoms with E-state index in [-0.39, 0.29) is 11.4 Å². The molecular formula is C14H17NO3S2. The van der Waals surface area contributed by atoms with Crippen LogP contribution in [0.2, 0.25) is 0 Å². The largest absolute Gasteiger partial charge is 0.388 e. The number of hydrogen-bond donors (Lipinski definition) is 2. The van der Waals surface area contributed by atoms with E-state index in [1.165, 1.54) is 11.3 Å². The molecule has 0 aliphatic heterocycles. The maximum atomic E-state index is 12.0. The molecule has 0 aliphatic carbocycles. The molecule has 0 saturated heterocycles. The van der Waals surface area contributed by atoms with Crippen molar-refractivity contribution in [3.63, 3.8) is 0 Å². The average molecular weight is 311 g/mol. The van der Waals surface area contributed by atoms with Gasteiger partial charge in [-0.1, -0.05) is 17.7 Å². The zero-order chi connectivity index (χ0) is 14.6. The van der Waals surface area contributed by atoms with E-state index >= 15 is 0 Å². The minimum atomic E-state index is -3.50. The summed E-state index contributed by atoms with van der Waals surface area (Å²) in [6.07, 6.45) is -0.288. The normalized spacial score (nSPS) is 13.3. The summed E-state index contributed by atoms with van der Waals surface area (Å²) in [4.78, 5) is 0.244. The van der Waals surface area contributed by atoms with E-state index in [1.54, 1.807) is 24.3 Å². The van der Waals surface area contributed by atoms with Crippen LogP contribution in [0.5, 0.6) is 0 Å². The summed E-state index contributed by atoms with van der Waals surface area (Å²) in [5.74, 6) is 0. The van der Waals surface area contributed by atoms with Crippen LogP contribution < -0.4 is 4.72 Å². The van der Waals surface area contributed by atoms with Crippen LogP contribution in [-0.2, 0) is 10.0 Å². The van der Waals surface area contributed by atoms with Gasteiger partial charge in [0.1, 0.15) is 0 Å². The molecular weight excluding hydrogens is 294 g/mol. The van der Waals surface area contributed by atoms with Crippen LogP contribution in [0.4, 0.5) is 0 Å². The highest BCUT2D eigenvalue weighted by Gasteiger charge is 2.14. The van der Waals surface area contributed by atoms with Gasteiger partial charge >= 0.3 is 0 Å². The van der Waals surface area contributed by atoms with E-state index in [1.807, 2.05) is 23.8 Å². The maximum Gasteiger partial charge on any atom is 0.240 e. The minimum Gasteiger partial charge on any atom is -0.388 e. The number of rotatable bonds is 6. The number of benzene rings is 1. The standard InChI is InChI=1S/C14H17NO3S2/c1-11-2-4-13(5-3-11)20(17,18)15-8-6-14(16)12-7-9-19-10-12/h2-5,7,9-10,14-16H,6,8H2,1H3. The molecule has 6 heteroatoms. The lowest BCUT2D eigenvalue weighted by Gasteiger charge is -2.10. The van der Waals surface area contributed by atoms with E-state index in [4.69, 9.17) is 0 Å². The second-order valence-corrected chi connectivity index (χ2v) is 7.12. The van der Waals surface area contributed by atoms with Crippen molar-refractivity contribution in [2.75, 3.05) is 6.54 Å². The van der Waals surface area contributed by atoms with Crippen molar-refractivity contribution in [2.24, 2.45) is 0 Å². The summed E-state index contributed by atoms with van der Waals surface area (Å²) in [6.45, 7) is 2.11. The van der Waals surface area contributed by atoms with Gasteiger partial charge in [-0.15, -0.1) is 0 Å². The van der Waals surface area contributed by atoms with Crippen molar-refractivity contribution in [1.82, 2.24) is 4.72 Å². The Kier molecular flexibility index (Phi) is 4.93. The van der Waals surface area contributed by atoms with Gasteiger partial charge in [-0.3, -0.25) is 0 Å². The quantitative estimate of drug-likeness (QED) is 0.861. The van der Waals surface area contributed by atoms with Crippen molar-refractivity contribution < 1.29 is 13.5 Å². The Morgan fingerprint density at radius 2 is 1.95 bits per heavy atom. The summed E-state index contributed by atoms with van der Waals surface area (Å²) < 4.78 is 26.5. The Morgan fingerprint density at radius 1 is 1.25 bits per heavy atom. The van der Waals surface area contributed by atoms with Crippen LogP contribution in [-0.4, -0.2) is 20.1 Å². The van der Waals surface area contributed by atoms with Crippen LogP contribution >= 0.6 is 11.3 Å². The fourth-order valence-electron chi connectivity index (χ4n) is 1.76. The van der Waals surface area contributed by atoms with Gasteiger partial charge in [-0.25, -0.2) is 13.1 Å². The molecule has 1 heterocycles. The number of thiophene rings is 1. The fourth-order valence-corrected chi connectivity index (χ4v) is 3.52. The minimum absolute atomic E-state index is 0.202. The van der Waals surface area contributed by atoms with Crippen LogP contribution in [0.25, 0.3) is 0 Å². The molecule has 1 unspecified atom stereocenters. The summed E-state index contributed by atoms with van der Waals surface area (Å²) in [5, 5.41) is 13.6. The molecule has 2 aromatic rings. The maximum absolute atomic E-state index is 12.0. The summed E-state index contributed by atoms with van der Waals surface area (Å²) in [7, 11) is -3.50. The van der Waals surface area contributed by atoms with Crippen molar-refractivity contribution >= 4 is 21.4 Å². The topological polar surface area (TPSA) is 66.4 Å². The number of nitrogens with one attached hydrogen (secondary N) is 1. The van der Waals surface area contributed by atoms with Crippen LogP contribution in [0.15, 0.2) is 46.0 Å². The summed E-state index contributed by atoms with van der Waals surface area (Å²) >= 11 is 1.51. The van der Waals surface area contributed by atoms with Crippen molar-refractivity contribution in [1.29, 1.82) is 0 Å². The molecule has 0 saturated carbocycles. The molecule has 2 N–H and O–H groups in total. The Morgan fingerprint density at radius 3 is 2.55 bits per heavy atom. The van der Waals surface area contributed by atoms with Crippen molar-refractivity contribution in [3.05, 3.63) is 52.2 Å². The average Bonchev–Trinajstić information content (AvgIpc) is 2.93. The number of aryl methyl sites for hydroxylation is 1. The van der Waals surface area contributed by atoms with Crippen LogP contribution in [0.1, 0.15) is 23.7 Å². The first-order valence-corrected chi connectivity index (χ1v) is 8.68. The molecule has 1 atom stereocenters. The van der Waals surface area contributed by atoms with Gasteiger partial charge < -0.3 is 5.11 Å². The predicted molar refractivity (Wildman–Crippen MR) is 80.3 cm³/mol.